The highest BCUT2D eigenvalue weighted by Gasteiger charge is 2.33. The number of hydrogen-bond donors (Lipinski definition) is 1. The first kappa shape index (κ1) is 23.8. The maximum absolute atomic E-state index is 11.2. The van der Waals surface area contributed by atoms with Gasteiger partial charge in [0.2, 0.25) is 0 Å². The first-order valence-corrected chi connectivity index (χ1v) is 11.7. The van der Waals surface area contributed by atoms with Gasteiger partial charge in [0, 0.05) is 26.2 Å². The van der Waals surface area contributed by atoms with Gasteiger partial charge >= 0.3 is 0 Å². The predicted molar refractivity (Wildman–Crippen MR) is 128 cm³/mol. The molecule has 4 nitrogen and oxygen atoms in total. The van der Waals surface area contributed by atoms with Crippen molar-refractivity contribution in [2.24, 2.45) is 0 Å². The highest BCUT2D eigenvalue weighted by atomic mass is 16.5. The quantitative estimate of drug-likeness (QED) is 0.601. The molecule has 0 unspecified atom stereocenters. The van der Waals surface area contributed by atoms with E-state index in [1.54, 1.807) is 0 Å². The van der Waals surface area contributed by atoms with Crippen LogP contribution in [0.5, 0.6) is 5.75 Å². The molecule has 2 aromatic carbocycles. The summed E-state index contributed by atoms with van der Waals surface area (Å²) in [5.41, 5.74) is 1.63. The van der Waals surface area contributed by atoms with Crippen LogP contribution in [-0.2, 0) is 12.1 Å². The van der Waals surface area contributed by atoms with Gasteiger partial charge in [-0.05, 0) is 68.5 Å². The largest absolute Gasteiger partial charge is 0.494 e. The lowest BCUT2D eigenvalue weighted by Gasteiger charge is -2.38. The molecule has 4 rings (SSSR count). The van der Waals surface area contributed by atoms with Crippen LogP contribution >= 0.6 is 0 Å². The Balaban J connectivity index is 0.00000272. The Labute approximate surface area is 188 Å². The minimum absolute atomic E-state index is 0. The maximum Gasteiger partial charge on any atom is 0.119 e. The summed E-state index contributed by atoms with van der Waals surface area (Å²) in [6, 6.07) is 18.7. The lowest BCUT2D eigenvalue weighted by Crippen LogP contribution is -2.42. The molecule has 0 atom stereocenters. The molecule has 2 aromatic rings. The molecule has 0 spiro atoms. The average molecular weight is 425 g/mol. The molecule has 0 bridgehead atoms. The molecule has 2 aliphatic heterocycles. The molecule has 2 heterocycles. The van der Waals surface area contributed by atoms with Crippen LogP contribution in [0.2, 0.25) is 0 Å². The summed E-state index contributed by atoms with van der Waals surface area (Å²) in [7, 11) is 0. The first-order chi connectivity index (χ1) is 14.7. The molecule has 4 heteroatoms. The summed E-state index contributed by atoms with van der Waals surface area (Å²) in [6.45, 7) is 7.18. The van der Waals surface area contributed by atoms with E-state index >= 15 is 0 Å². The third kappa shape index (κ3) is 6.80. The maximum atomic E-state index is 11.2. The van der Waals surface area contributed by atoms with Crippen molar-refractivity contribution in [3.63, 3.8) is 0 Å². The van der Waals surface area contributed by atoms with E-state index in [1.165, 1.54) is 37.9 Å². The molecule has 31 heavy (non-hydrogen) atoms. The van der Waals surface area contributed by atoms with Crippen molar-refractivity contribution in [3.05, 3.63) is 65.7 Å². The molecule has 0 aromatic heterocycles. The Morgan fingerprint density at radius 3 is 2.16 bits per heavy atom. The lowest BCUT2D eigenvalue weighted by atomic mass is 9.84. The second kappa shape index (κ2) is 11.7. The van der Waals surface area contributed by atoms with Crippen molar-refractivity contribution >= 4 is 0 Å². The van der Waals surface area contributed by atoms with Crippen molar-refractivity contribution in [1.29, 1.82) is 0 Å². The third-order valence-electron chi connectivity index (χ3n) is 6.66. The summed E-state index contributed by atoms with van der Waals surface area (Å²) in [5, 5.41) is 11.2. The summed E-state index contributed by atoms with van der Waals surface area (Å²) in [5.74, 6) is 0.905. The van der Waals surface area contributed by atoms with Gasteiger partial charge < -0.3 is 14.7 Å². The van der Waals surface area contributed by atoms with Crippen LogP contribution in [-0.4, -0.2) is 54.2 Å². The van der Waals surface area contributed by atoms with Crippen molar-refractivity contribution in [1.82, 2.24) is 9.80 Å². The van der Waals surface area contributed by atoms with E-state index in [1.807, 2.05) is 24.3 Å². The molecule has 0 saturated carbocycles. The highest BCUT2D eigenvalue weighted by Crippen LogP contribution is 2.34. The summed E-state index contributed by atoms with van der Waals surface area (Å²) >= 11 is 0. The van der Waals surface area contributed by atoms with Crippen LogP contribution in [0.25, 0.3) is 0 Å². The van der Waals surface area contributed by atoms with Gasteiger partial charge in [-0.2, -0.15) is 0 Å². The van der Waals surface area contributed by atoms with E-state index < -0.39 is 5.60 Å². The molecule has 0 amide bonds. The van der Waals surface area contributed by atoms with Crippen molar-refractivity contribution in [2.45, 2.75) is 58.1 Å². The van der Waals surface area contributed by atoms with Crippen LogP contribution in [0.1, 0.15) is 57.1 Å². The summed E-state index contributed by atoms with van der Waals surface area (Å²) < 4.78 is 5.94. The zero-order chi connectivity index (χ0) is 20.7. The van der Waals surface area contributed by atoms with Gasteiger partial charge in [0.05, 0.1) is 12.2 Å². The second-order valence-corrected chi connectivity index (χ2v) is 8.92. The normalized spacial score (nSPS) is 19.5. The van der Waals surface area contributed by atoms with Crippen molar-refractivity contribution < 1.29 is 9.84 Å². The van der Waals surface area contributed by atoms with Crippen molar-refractivity contribution in [3.8, 4) is 5.75 Å². The Morgan fingerprint density at radius 2 is 1.48 bits per heavy atom. The van der Waals surface area contributed by atoms with Gasteiger partial charge in [-0.3, -0.25) is 4.90 Å². The van der Waals surface area contributed by atoms with Gasteiger partial charge in [0.15, 0.2) is 0 Å². The summed E-state index contributed by atoms with van der Waals surface area (Å²) in [4.78, 5) is 4.99. The smallest absolute Gasteiger partial charge is 0.119 e. The molecule has 0 aliphatic carbocycles. The van der Waals surface area contributed by atoms with Gasteiger partial charge in [-0.15, -0.1) is 0 Å². The minimum atomic E-state index is -0.722. The first-order valence-electron chi connectivity index (χ1n) is 11.7. The third-order valence-corrected chi connectivity index (χ3v) is 6.66. The minimum Gasteiger partial charge on any atom is -0.494 e. The van der Waals surface area contributed by atoms with Gasteiger partial charge in [0.25, 0.3) is 0 Å². The Hall–Kier alpha value is -1.88. The number of nitrogens with zero attached hydrogens (tertiary/aromatic N) is 2. The van der Waals surface area contributed by atoms with E-state index in [0.29, 0.717) is 0 Å². The van der Waals surface area contributed by atoms with E-state index in [-0.39, 0.29) is 7.43 Å². The van der Waals surface area contributed by atoms with Crippen molar-refractivity contribution in [2.75, 3.05) is 39.3 Å². The lowest BCUT2D eigenvalue weighted by molar-refractivity contribution is -0.0277. The van der Waals surface area contributed by atoms with Crippen LogP contribution in [0.15, 0.2) is 54.6 Å². The predicted octanol–water partition coefficient (Wildman–Crippen LogP) is 5.06. The zero-order valence-corrected chi connectivity index (χ0v) is 18.1. The molecular weight excluding hydrogens is 384 g/mol. The van der Waals surface area contributed by atoms with Crippen LogP contribution in [0.4, 0.5) is 0 Å². The molecule has 2 fully saturated rings. The van der Waals surface area contributed by atoms with E-state index in [9.17, 15) is 5.11 Å². The topological polar surface area (TPSA) is 35.9 Å². The molecule has 2 saturated heterocycles. The monoisotopic (exact) mass is 424 g/mol. The SMILES string of the molecule is C.OC1(c2ccc(OCCCN3CCCCC3)cc2)CCN(Cc2ccccc2)CC1. The van der Waals surface area contributed by atoms with Gasteiger partial charge in [0.1, 0.15) is 5.75 Å². The number of ether oxygens (including phenoxy) is 1. The molecule has 0 radical (unpaired) electrons. The molecule has 1 N–H and O–H groups in total. The molecular formula is C27H40N2O2. The standard InChI is InChI=1S/C26H36N2O2.CH4/c29-26(14-19-28(20-15-26)22-23-8-3-1-4-9-23)24-10-12-25(13-11-24)30-21-7-18-27-16-5-2-6-17-27;/h1,3-4,8-13,29H,2,5-7,14-22H2;1H4. The van der Waals surface area contributed by atoms with Crippen LogP contribution < -0.4 is 4.74 Å². The summed E-state index contributed by atoms with van der Waals surface area (Å²) in [6.07, 6.45) is 6.69. The van der Waals surface area contributed by atoms with Gasteiger partial charge in [-0.1, -0.05) is 56.3 Å². The Kier molecular flexibility index (Phi) is 8.94. The van der Waals surface area contributed by atoms with E-state index in [0.717, 1.165) is 63.4 Å². The van der Waals surface area contributed by atoms with Gasteiger partial charge in [-0.25, -0.2) is 0 Å². The number of rotatable bonds is 8. The highest BCUT2D eigenvalue weighted by molar-refractivity contribution is 5.31. The second-order valence-electron chi connectivity index (χ2n) is 8.92. The number of likely N-dealkylation sites (tertiary alicyclic amines) is 2. The molecule has 2 aliphatic rings. The average Bonchev–Trinajstić information content (AvgIpc) is 2.80. The Morgan fingerprint density at radius 1 is 0.806 bits per heavy atom. The number of benzene rings is 2. The van der Waals surface area contributed by atoms with Crippen LogP contribution in [0.3, 0.4) is 0 Å². The number of hydrogen-bond acceptors (Lipinski definition) is 4. The van der Waals surface area contributed by atoms with E-state index in [2.05, 4.69) is 40.1 Å². The molecule has 170 valence electrons. The zero-order valence-electron chi connectivity index (χ0n) is 18.1. The fourth-order valence-electron chi connectivity index (χ4n) is 4.73. The Bertz CT molecular complexity index is 749. The fourth-order valence-corrected chi connectivity index (χ4v) is 4.73. The van der Waals surface area contributed by atoms with Crippen LogP contribution in [0, 0.1) is 0 Å². The van der Waals surface area contributed by atoms with E-state index in [4.69, 9.17) is 4.74 Å². The fraction of sp³-hybridized carbons (Fsp3) is 0.556. The number of aliphatic hydroxyl groups is 1. The number of piperidine rings is 2.